The average molecular weight is 252 g/mol. The minimum atomic E-state index is 0.257. The zero-order valence-corrected chi connectivity index (χ0v) is 10.9. The third-order valence-corrected chi connectivity index (χ3v) is 3.58. The summed E-state index contributed by atoms with van der Waals surface area (Å²) in [6, 6.07) is 7.89. The Balaban J connectivity index is 1.86. The third-order valence-electron chi connectivity index (χ3n) is 3.33. The maximum Gasteiger partial charge on any atom is 0.137 e. The SMILES string of the molecule is CN(Cc1ccc(Cl)cc1)CC1CCCC1=O. The quantitative estimate of drug-likeness (QED) is 0.820. The molecule has 1 aliphatic carbocycles. The van der Waals surface area contributed by atoms with E-state index in [2.05, 4.69) is 11.9 Å². The third kappa shape index (κ3) is 3.55. The highest BCUT2D eigenvalue weighted by Crippen LogP contribution is 2.22. The smallest absolute Gasteiger partial charge is 0.137 e. The Morgan fingerprint density at radius 1 is 1.35 bits per heavy atom. The van der Waals surface area contributed by atoms with Crippen LogP contribution in [0.4, 0.5) is 0 Å². The molecule has 0 aliphatic heterocycles. The highest BCUT2D eigenvalue weighted by atomic mass is 35.5. The molecule has 1 fully saturated rings. The lowest BCUT2D eigenvalue weighted by Crippen LogP contribution is -2.27. The van der Waals surface area contributed by atoms with Crippen molar-refractivity contribution in [1.29, 1.82) is 0 Å². The number of ketones is 1. The molecule has 1 unspecified atom stereocenters. The number of nitrogens with zero attached hydrogens (tertiary/aromatic N) is 1. The van der Waals surface area contributed by atoms with Crippen molar-refractivity contribution in [2.24, 2.45) is 5.92 Å². The van der Waals surface area contributed by atoms with E-state index >= 15 is 0 Å². The molecule has 2 rings (SSSR count). The molecular weight excluding hydrogens is 234 g/mol. The van der Waals surface area contributed by atoms with E-state index in [1.165, 1.54) is 5.56 Å². The van der Waals surface area contributed by atoms with Crippen molar-refractivity contribution in [2.45, 2.75) is 25.8 Å². The first-order valence-corrected chi connectivity index (χ1v) is 6.48. The minimum absolute atomic E-state index is 0.257. The molecule has 0 radical (unpaired) electrons. The summed E-state index contributed by atoms with van der Waals surface area (Å²) in [6.07, 6.45) is 2.90. The molecule has 2 nitrogen and oxygen atoms in total. The van der Waals surface area contributed by atoms with E-state index in [0.717, 1.165) is 37.4 Å². The van der Waals surface area contributed by atoms with Gasteiger partial charge < -0.3 is 4.90 Å². The monoisotopic (exact) mass is 251 g/mol. The maximum absolute atomic E-state index is 11.6. The van der Waals surface area contributed by atoms with Crippen molar-refractivity contribution < 1.29 is 4.79 Å². The molecule has 1 aliphatic rings. The summed E-state index contributed by atoms with van der Waals surface area (Å²) in [5, 5.41) is 0.766. The highest BCUT2D eigenvalue weighted by molar-refractivity contribution is 6.30. The molecule has 0 spiro atoms. The molecule has 0 heterocycles. The van der Waals surface area contributed by atoms with Crippen molar-refractivity contribution in [1.82, 2.24) is 4.90 Å². The molecular formula is C14H18ClNO. The van der Waals surface area contributed by atoms with Crippen molar-refractivity contribution in [3.63, 3.8) is 0 Å². The van der Waals surface area contributed by atoms with Gasteiger partial charge >= 0.3 is 0 Å². The van der Waals surface area contributed by atoms with E-state index in [0.29, 0.717) is 5.78 Å². The lowest BCUT2D eigenvalue weighted by atomic mass is 10.1. The van der Waals surface area contributed by atoms with Crippen LogP contribution in [0.5, 0.6) is 0 Å². The number of hydrogen-bond acceptors (Lipinski definition) is 2. The Kier molecular flexibility index (Phi) is 4.19. The van der Waals surface area contributed by atoms with Gasteiger partial charge in [-0.05, 0) is 37.6 Å². The van der Waals surface area contributed by atoms with E-state index in [9.17, 15) is 4.79 Å². The summed E-state index contributed by atoms with van der Waals surface area (Å²) in [6.45, 7) is 1.75. The molecule has 1 aromatic rings. The lowest BCUT2D eigenvalue weighted by molar-refractivity contribution is -0.121. The Morgan fingerprint density at radius 2 is 2.06 bits per heavy atom. The largest absolute Gasteiger partial charge is 0.301 e. The van der Waals surface area contributed by atoms with Crippen LogP contribution in [0.15, 0.2) is 24.3 Å². The first-order chi connectivity index (χ1) is 8.15. The van der Waals surface area contributed by atoms with Crippen LogP contribution in [0, 0.1) is 5.92 Å². The molecule has 3 heteroatoms. The predicted octanol–water partition coefficient (Wildman–Crippen LogP) is 3.14. The first kappa shape index (κ1) is 12.6. The fourth-order valence-corrected chi connectivity index (χ4v) is 2.55. The Morgan fingerprint density at radius 3 is 2.65 bits per heavy atom. The van der Waals surface area contributed by atoms with Gasteiger partial charge in [0.25, 0.3) is 0 Å². The molecule has 1 atom stereocenters. The number of Topliss-reactive ketones (excluding diaryl/α,β-unsaturated/α-hetero) is 1. The molecule has 1 saturated carbocycles. The summed E-state index contributed by atoms with van der Waals surface area (Å²) < 4.78 is 0. The molecule has 0 N–H and O–H groups in total. The summed E-state index contributed by atoms with van der Waals surface area (Å²) in [5.74, 6) is 0.695. The van der Waals surface area contributed by atoms with Crippen molar-refractivity contribution >= 4 is 17.4 Å². The van der Waals surface area contributed by atoms with Crippen LogP contribution in [0.25, 0.3) is 0 Å². The number of carbonyl (C=O) groups is 1. The summed E-state index contributed by atoms with van der Waals surface area (Å²) in [5.41, 5.74) is 1.24. The van der Waals surface area contributed by atoms with E-state index < -0.39 is 0 Å². The summed E-state index contributed by atoms with van der Waals surface area (Å²) in [7, 11) is 2.07. The van der Waals surface area contributed by atoms with Gasteiger partial charge in [-0.25, -0.2) is 0 Å². The van der Waals surface area contributed by atoms with Gasteiger partial charge in [-0.1, -0.05) is 23.7 Å². The lowest BCUT2D eigenvalue weighted by Gasteiger charge is -2.20. The number of carbonyl (C=O) groups excluding carboxylic acids is 1. The Hall–Kier alpha value is -0.860. The van der Waals surface area contributed by atoms with Crippen molar-refractivity contribution in [3.8, 4) is 0 Å². The minimum Gasteiger partial charge on any atom is -0.301 e. The van der Waals surface area contributed by atoms with Gasteiger partial charge in [0.05, 0.1) is 0 Å². The van der Waals surface area contributed by atoms with E-state index in [4.69, 9.17) is 11.6 Å². The van der Waals surface area contributed by atoms with Crippen molar-refractivity contribution in [2.75, 3.05) is 13.6 Å². The fraction of sp³-hybridized carbons (Fsp3) is 0.500. The van der Waals surface area contributed by atoms with Gasteiger partial charge in [-0.2, -0.15) is 0 Å². The van der Waals surface area contributed by atoms with Gasteiger partial charge in [0, 0.05) is 30.5 Å². The second-order valence-electron chi connectivity index (χ2n) is 4.88. The Bertz CT molecular complexity index is 388. The van der Waals surface area contributed by atoms with Gasteiger partial charge in [0.2, 0.25) is 0 Å². The number of hydrogen-bond donors (Lipinski definition) is 0. The normalized spacial score (nSPS) is 20.2. The van der Waals surface area contributed by atoms with Crippen LogP contribution in [0.1, 0.15) is 24.8 Å². The molecule has 0 aromatic heterocycles. The summed E-state index contributed by atoms with van der Waals surface area (Å²) >= 11 is 5.85. The second-order valence-corrected chi connectivity index (χ2v) is 5.32. The molecule has 1 aromatic carbocycles. The fourth-order valence-electron chi connectivity index (χ4n) is 2.42. The zero-order chi connectivity index (χ0) is 12.3. The first-order valence-electron chi connectivity index (χ1n) is 6.11. The molecule has 92 valence electrons. The van der Waals surface area contributed by atoms with Crippen molar-refractivity contribution in [3.05, 3.63) is 34.9 Å². The zero-order valence-electron chi connectivity index (χ0n) is 10.2. The maximum atomic E-state index is 11.6. The molecule has 17 heavy (non-hydrogen) atoms. The second kappa shape index (κ2) is 5.65. The van der Waals surface area contributed by atoms with Gasteiger partial charge in [0.15, 0.2) is 0 Å². The van der Waals surface area contributed by atoms with Gasteiger partial charge in [-0.3, -0.25) is 4.79 Å². The van der Waals surface area contributed by atoms with E-state index in [1.54, 1.807) is 0 Å². The number of halogens is 1. The average Bonchev–Trinajstić information content (AvgIpc) is 2.68. The standard InChI is InChI=1S/C14H18ClNO/c1-16(10-12-3-2-4-14(12)17)9-11-5-7-13(15)8-6-11/h5-8,12H,2-4,9-10H2,1H3. The van der Waals surface area contributed by atoms with E-state index in [1.807, 2.05) is 24.3 Å². The van der Waals surface area contributed by atoms with Crippen LogP contribution < -0.4 is 0 Å². The topological polar surface area (TPSA) is 20.3 Å². The molecule has 0 bridgehead atoms. The Labute approximate surface area is 108 Å². The van der Waals surface area contributed by atoms with Gasteiger partial charge in [-0.15, -0.1) is 0 Å². The highest BCUT2D eigenvalue weighted by Gasteiger charge is 2.25. The van der Waals surface area contributed by atoms with Crippen LogP contribution in [-0.2, 0) is 11.3 Å². The number of rotatable bonds is 4. The van der Waals surface area contributed by atoms with Crippen LogP contribution in [0.3, 0.4) is 0 Å². The van der Waals surface area contributed by atoms with Gasteiger partial charge in [0.1, 0.15) is 5.78 Å². The predicted molar refractivity (Wildman–Crippen MR) is 70.1 cm³/mol. The van der Waals surface area contributed by atoms with E-state index in [-0.39, 0.29) is 5.92 Å². The van der Waals surface area contributed by atoms with Crippen LogP contribution in [0.2, 0.25) is 5.02 Å². The molecule has 0 saturated heterocycles. The van der Waals surface area contributed by atoms with Crippen LogP contribution >= 0.6 is 11.6 Å². The number of benzene rings is 1. The summed E-state index contributed by atoms with van der Waals surface area (Å²) in [4.78, 5) is 13.8. The molecule has 0 amide bonds. The van der Waals surface area contributed by atoms with Crippen LogP contribution in [-0.4, -0.2) is 24.3 Å².